The molecule has 0 unspecified atom stereocenters. The van der Waals surface area contributed by atoms with Gasteiger partial charge in [0, 0.05) is 21.3 Å². The first-order chi connectivity index (χ1) is 9.15. The summed E-state index contributed by atoms with van der Waals surface area (Å²) in [6.07, 6.45) is 1.00. The zero-order chi connectivity index (χ0) is 13.4. The Hall–Kier alpha value is -1.18. The largest absolute Gasteiger partial charge is 0.368 e. The summed E-state index contributed by atoms with van der Waals surface area (Å²) in [5.74, 6) is 0.327. The van der Waals surface area contributed by atoms with E-state index in [4.69, 9.17) is 5.73 Å². The summed E-state index contributed by atoms with van der Waals surface area (Å²) in [4.78, 5) is 15.4. The minimum absolute atomic E-state index is 0.327. The summed E-state index contributed by atoms with van der Waals surface area (Å²) < 4.78 is 0.987. The number of thiophene rings is 1. The summed E-state index contributed by atoms with van der Waals surface area (Å²) >= 11 is 4.86. The van der Waals surface area contributed by atoms with Crippen LogP contribution in [-0.4, -0.2) is 15.0 Å². The molecule has 0 aliphatic heterocycles. The number of nitrogens with two attached hydrogens (primary N) is 1. The minimum atomic E-state index is 0.327. The molecule has 7 heteroatoms. The molecule has 19 heavy (non-hydrogen) atoms. The molecule has 0 amide bonds. The van der Waals surface area contributed by atoms with E-state index in [-0.39, 0.29) is 0 Å². The van der Waals surface area contributed by atoms with Crippen molar-refractivity contribution in [2.24, 2.45) is 0 Å². The number of nitrogen functional groups attached to an aromatic ring is 1. The molecule has 0 fully saturated rings. The molecule has 0 aliphatic rings. The van der Waals surface area contributed by atoms with Crippen LogP contribution in [0.1, 0.15) is 17.5 Å². The van der Waals surface area contributed by atoms with Crippen LogP contribution in [0.2, 0.25) is 0 Å². The highest BCUT2D eigenvalue weighted by Crippen LogP contribution is 2.36. The van der Waals surface area contributed by atoms with Crippen LogP contribution in [0.15, 0.2) is 20.8 Å². The summed E-state index contributed by atoms with van der Waals surface area (Å²) in [6.45, 7) is 4.13. The molecule has 3 aromatic rings. The molecule has 2 N–H and O–H groups in total. The Bertz CT molecular complexity index is 732. The van der Waals surface area contributed by atoms with Gasteiger partial charge >= 0.3 is 0 Å². The molecule has 0 aliphatic carbocycles. The highest BCUT2D eigenvalue weighted by Gasteiger charge is 2.13. The normalized spacial score (nSPS) is 11.3. The SMILES string of the molecule is CCc1cc2c(Sc3nc(C)cs3)nc(N)nc2s1. The van der Waals surface area contributed by atoms with Gasteiger partial charge in [-0.15, -0.1) is 22.7 Å². The Morgan fingerprint density at radius 3 is 2.84 bits per heavy atom. The molecular formula is C12H12N4S3. The summed E-state index contributed by atoms with van der Waals surface area (Å²) in [5, 5.41) is 4.01. The molecule has 0 radical (unpaired) electrons. The molecule has 98 valence electrons. The van der Waals surface area contributed by atoms with Gasteiger partial charge in [-0.2, -0.15) is 0 Å². The van der Waals surface area contributed by atoms with E-state index in [0.717, 1.165) is 31.7 Å². The monoisotopic (exact) mass is 308 g/mol. The van der Waals surface area contributed by atoms with E-state index in [1.807, 2.05) is 12.3 Å². The summed E-state index contributed by atoms with van der Waals surface area (Å²) in [5.41, 5.74) is 6.82. The fourth-order valence-electron chi connectivity index (χ4n) is 1.67. The van der Waals surface area contributed by atoms with Crippen molar-refractivity contribution in [2.45, 2.75) is 29.6 Å². The van der Waals surface area contributed by atoms with Crippen LogP contribution < -0.4 is 5.73 Å². The second kappa shape index (κ2) is 5.07. The quantitative estimate of drug-likeness (QED) is 0.746. The third-order valence-electron chi connectivity index (χ3n) is 2.56. The van der Waals surface area contributed by atoms with Crippen LogP contribution in [0, 0.1) is 6.92 Å². The van der Waals surface area contributed by atoms with E-state index in [9.17, 15) is 0 Å². The molecule has 0 saturated heterocycles. The molecule has 4 nitrogen and oxygen atoms in total. The van der Waals surface area contributed by atoms with Crippen LogP contribution in [0.4, 0.5) is 5.95 Å². The average Bonchev–Trinajstić information content (AvgIpc) is 2.95. The highest BCUT2D eigenvalue weighted by atomic mass is 32.2. The maximum Gasteiger partial charge on any atom is 0.222 e. The topological polar surface area (TPSA) is 64.7 Å². The number of nitrogens with zero attached hydrogens (tertiary/aromatic N) is 3. The van der Waals surface area contributed by atoms with Crippen molar-refractivity contribution in [3.63, 3.8) is 0 Å². The summed E-state index contributed by atoms with van der Waals surface area (Å²) in [6, 6.07) is 2.15. The van der Waals surface area contributed by atoms with Gasteiger partial charge in [-0.05, 0) is 31.2 Å². The number of hydrogen-bond acceptors (Lipinski definition) is 7. The predicted molar refractivity (Wildman–Crippen MR) is 82.2 cm³/mol. The Balaban J connectivity index is 2.08. The van der Waals surface area contributed by atoms with Crippen molar-refractivity contribution in [2.75, 3.05) is 5.73 Å². The van der Waals surface area contributed by atoms with E-state index < -0.39 is 0 Å². The third-order valence-corrected chi connectivity index (χ3v) is 5.79. The first-order valence-electron chi connectivity index (χ1n) is 5.81. The second-order valence-electron chi connectivity index (χ2n) is 4.03. The molecule has 0 spiro atoms. The molecule has 0 bridgehead atoms. The number of aryl methyl sites for hydroxylation is 2. The number of anilines is 1. The predicted octanol–water partition coefficient (Wildman–Crippen LogP) is 3.75. The smallest absolute Gasteiger partial charge is 0.222 e. The number of thiazole rings is 1. The molecule has 0 aromatic carbocycles. The second-order valence-corrected chi connectivity index (χ2v) is 7.24. The Kier molecular flexibility index (Phi) is 3.42. The standard InChI is InChI=1S/C12H12N4S3/c1-3-7-4-8-9(18-7)15-11(13)16-10(8)19-12-14-6(2)5-17-12/h4-5H,3H2,1-2H3,(H2,13,15,16). The fourth-order valence-corrected chi connectivity index (χ4v) is 4.57. The summed E-state index contributed by atoms with van der Waals surface area (Å²) in [7, 11) is 0. The Labute approximate surface area is 123 Å². The van der Waals surface area contributed by atoms with Crippen molar-refractivity contribution >= 4 is 50.6 Å². The molecular weight excluding hydrogens is 296 g/mol. The van der Waals surface area contributed by atoms with Gasteiger partial charge in [0.15, 0.2) is 4.34 Å². The number of fused-ring (bicyclic) bond motifs is 1. The first kappa shape index (κ1) is 12.8. The van der Waals surface area contributed by atoms with Gasteiger partial charge < -0.3 is 5.73 Å². The van der Waals surface area contributed by atoms with Gasteiger partial charge in [0.1, 0.15) is 9.86 Å². The maximum absolute atomic E-state index is 5.79. The van der Waals surface area contributed by atoms with Gasteiger partial charge in [-0.1, -0.05) is 6.92 Å². The van der Waals surface area contributed by atoms with Gasteiger partial charge in [0.25, 0.3) is 0 Å². The van der Waals surface area contributed by atoms with E-state index in [1.54, 1.807) is 34.4 Å². The highest BCUT2D eigenvalue weighted by molar-refractivity contribution is 8.01. The van der Waals surface area contributed by atoms with Crippen molar-refractivity contribution in [3.8, 4) is 0 Å². The number of rotatable bonds is 3. The van der Waals surface area contributed by atoms with Gasteiger partial charge in [0.2, 0.25) is 5.95 Å². The van der Waals surface area contributed by atoms with Gasteiger partial charge in [-0.3, -0.25) is 0 Å². The van der Waals surface area contributed by atoms with Crippen molar-refractivity contribution in [1.82, 2.24) is 15.0 Å². The molecule has 3 heterocycles. The minimum Gasteiger partial charge on any atom is -0.368 e. The van der Waals surface area contributed by atoms with Crippen LogP contribution in [0.25, 0.3) is 10.2 Å². The molecule has 0 atom stereocenters. The van der Waals surface area contributed by atoms with Crippen LogP contribution in [-0.2, 0) is 6.42 Å². The van der Waals surface area contributed by atoms with Crippen LogP contribution >= 0.6 is 34.4 Å². The lowest BCUT2D eigenvalue weighted by Crippen LogP contribution is -1.95. The number of aromatic nitrogens is 3. The third kappa shape index (κ3) is 2.58. The average molecular weight is 308 g/mol. The molecule has 0 saturated carbocycles. The van der Waals surface area contributed by atoms with E-state index in [2.05, 4.69) is 27.9 Å². The Morgan fingerprint density at radius 1 is 1.32 bits per heavy atom. The van der Waals surface area contributed by atoms with E-state index in [1.165, 1.54) is 4.88 Å². The lowest BCUT2D eigenvalue weighted by molar-refractivity contribution is 1.11. The molecule has 3 rings (SSSR count). The van der Waals surface area contributed by atoms with Crippen LogP contribution in [0.5, 0.6) is 0 Å². The lowest BCUT2D eigenvalue weighted by atomic mass is 10.3. The zero-order valence-corrected chi connectivity index (χ0v) is 13.0. The van der Waals surface area contributed by atoms with Gasteiger partial charge in [0.05, 0.1) is 0 Å². The first-order valence-corrected chi connectivity index (χ1v) is 8.33. The van der Waals surface area contributed by atoms with Crippen LogP contribution in [0.3, 0.4) is 0 Å². The van der Waals surface area contributed by atoms with E-state index >= 15 is 0 Å². The molecule has 3 aromatic heterocycles. The van der Waals surface area contributed by atoms with Crippen molar-refractivity contribution in [3.05, 3.63) is 22.0 Å². The Morgan fingerprint density at radius 2 is 2.16 bits per heavy atom. The van der Waals surface area contributed by atoms with Gasteiger partial charge in [-0.25, -0.2) is 15.0 Å². The zero-order valence-electron chi connectivity index (χ0n) is 10.5. The van der Waals surface area contributed by atoms with Crippen molar-refractivity contribution < 1.29 is 0 Å². The maximum atomic E-state index is 5.79. The lowest BCUT2D eigenvalue weighted by Gasteiger charge is -2.00. The van der Waals surface area contributed by atoms with Crippen molar-refractivity contribution in [1.29, 1.82) is 0 Å². The number of hydrogen-bond donors (Lipinski definition) is 1. The van der Waals surface area contributed by atoms with E-state index in [0.29, 0.717) is 5.95 Å². The fraction of sp³-hybridized carbons (Fsp3) is 0.250.